The van der Waals surface area contributed by atoms with Crippen LogP contribution in [0, 0.1) is 0 Å². The third-order valence-corrected chi connectivity index (χ3v) is 2.39. The number of rotatable bonds is 2. The standard InChI is InChI=1S/C10H7BrF3O/c11-9-4-3-7(2-1-5-15)6-8(9)10(12,13)14/h1-4,6H,5H2/b2-1+. The van der Waals surface area contributed by atoms with Crippen LogP contribution < -0.4 is 0 Å². The Balaban J connectivity index is 3.11. The Labute approximate surface area is 93.4 Å². The highest BCUT2D eigenvalue weighted by Crippen LogP contribution is 2.35. The van der Waals surface area contributed by atoms with Crippen LogP contribution in [0.5, 0.6) is 0 Å². The van der Waals surface area contributed by atoms with Gasteiger partial charge in [0.25, 0.3) is 0 Å². The lowest BCUT2D eigenvalue weighted by molar-refractivity contribution is -0.138. The van der Waals surface area contributed by atoms with Gasteiger partial charge in [0.1, 0.15) is 6.61 Å². The van der Waals surface area contributed by atoms with E-state index in [1.54, 1.807) is 0 Å². The lowest BCUT2D eigenvalue weighted by Gasteiger charge is -2.09. The molecule has 1 rings (SSSR count). The summed E-state index contributed by atoms with van der Waals surface area (Å²) >= 11 is 2.83. The Bertz CT molecular complexity index is 371. The zero-order valence-electron chi connectivity index (χ0n) is 7.51. The fourth-order valence-corrected chi connectivity index (χ4v) is 1.52. The van der Waals surface area contributed by atoms with Gasteiger partial charge in [-0.15, -0.1) is 0 Å². The molecule has 1 aromatic rings. The van der Waals surface area contributed by atoms with Gasteiger partial charge in [0.05, 0.1) is 5.56 Å². The Morgan fingerprint density at radius 2 is 2.00 bits per heavy atom. The fraction of sp³-hybridized carbons (Fsp3) is 0.200. The second-order valence-corrected chi connectivity index (χ2v) is 3.66. The number of alkyl halides is 3. The molecule has 1 radical (unpaired) electrons. The fourth-order valence-electron chi connectivity index (χ4n) is 1.05. The van der Waals surface area contributed by atoms with E-state index >= 15 is 0 Å². The van der Waals surface area contributed by atoms with Crippen LogP contribution in [0.4, 0.5) is 13.2 Å². The maximum atomic E-state index is 12.4. The van der Waals surface area contributed by atoms with Gasteiger partial charge in [-0.3, -0.25) is 0 Å². The van der Waals surface area contributed by atoms with Gasteiger partial charge in [0, 0.05) is 4.47 Å². The van der Waals surface area contributed by atoms with Crippen LogP contribution in [-0.2, 0) is 11.3 Å². The molecule has 1 aromatic carbocycles. The van der Waals surface area contributed by atoms with Crippen molar-refractivity contribution in [2.24, 2.45) is 0 Å². The van der Waals surface area contributed by atoms with Crippen LogP contribution in [0.25, 0.3) is 6.08 Å². The average Bonchev–Trinajstić information content (AvgIpc) is 2.15. The molecular formula is C10H7BrF3O. The van der Waals surface area contributed by atoms with E-state index in [0.717, 1.165) is 6.07 Å². The summed E-state index contributed by atoms with van der Waals surface area (Å²) in [5.41, 5.74) is -0.378. The Hall–Kier alpha value is -0.810. The first-order valence-electron chi connectivity index (χ1n) is 4.06. The molecule has 1 nitrogen and oxygen atoms in total. The molecule has 0 unspecified atom stereocenters. The van der Waals surface area contributed by atoms with Crippen molar-refractivity contribution in [1.29, 1.82) is 0 Å². The summed E-state index contributed by atoms with van der Waals surface area (Å²) in [6.45, 7) is -0.447. The number of hydrogen-bond acceptors (Lipinski definition) is 0. The lowest BCUT2D eigenvalue weighted by Crippen LogP contribution is -2.06. The molecule has 0 atom stereocenters. The Morgan fingerprint density at radius 3 is 2.53 bits per heavy atom. The quantitative estimate of drug-likeness (QED) is 0.782. The minimum absolute atomic E-state index is 0.00530. The summed E-state index contributed by atoms with van der Waals surface area (Å²) in [4.78, 5) is 0. The molecular weight excluding hydrogens is 273 g/mol. The number of halogens is 4. The van der Waals surface area contributed by atoms with Gasteiger partial charge >= 0.3 is 6.18 Å². The van der Waals surface area contributed by atoms with Crippen LogP contribution in [0.3, 0.4) is 0 Å². The van der Waals surface area contributed by atoms with Crippen molar-refractivity contribution in [1.82, 2.24) is 0 Å². The van der Waals surface area contributed by atoms with E-state index in [1.165, 1.54) is 24.3 Å². The van der Waals surface area contributed by atoms with Gasteiger partial charge in [0.2, 0.25) is 0 Å². The molecule has 0 amide bonds. The molecule has 81 valence electrons. The summed E-state index contributed by atoms with van der Waals surface area (Å²) in [6.07, 6.45) is -1.75. The SMILES string of the molecule is [O]C/C=C/c1ccc(Br)c(C(F)(F)F)c1. The van der Waals surface area contributed by atoms with Gasteiger partial charge in [0.15, 0.2) is 0 Å². The minimum Gasteiger partial charge on any atom is -0.232 e. The van der Waals surface area contributed by atoms with Crippen LogP contribution in [-0.4, -0.2) is 6.61 Å². The molecule has 0 aliphatic heterocycles. The molecule has 0 aromatic heterocycles. The van der Waals surface area contributed by atoms with E-state index in [1.807, 2.05) is 0 Å². The second kappa shape index (κ2) is 4.81. The molecule has 0 aliphatic carbocycles. The van der Waals surface area contributed by atoms with E-state index in [-0.39, 0.29) is 4.47 Å². The second-order valence-electron chi connectivity index (χ2n) is 2.81. The van der Waals surface area contributed by atoms with Crippen molar-refractivity contribution in [3.05, 3.63) is 39.9 Å². The van der Waals surface area contributed by atoms with Gasteiger partial charge in [-0.25, -0.2) is 5.11 Å². The molecule has 0 saturated carbocycles. The molecule has 0 saturated heterocycles. The van der Waals surface area contributed by atoms with E-state index in [4.69, 9.17) is 0 Å². The third kappa shape index (κ3) is 3.35. The van der Waals surface area contributed by atoms with Crippen molar-refractivity contribution in [2.75, 3.05) is 6.61 Å². The summed E-state index contributed by atoms with van der Waals surface area (Å²) in [7, 11) is 0. The summed E-state index contributed by atoms with van der Waals surface area (Å²) < 4.78 is 37.3. The summed E-state index contributed by atoms with van der Waals surface area (Å²) in [5.74, 6) is 0. The first kappa shape index (κ1) is 12.3. The van der Waals surface area contributed by atoms with Crippen molar-refractivity contribution in [3.8, 4) is 0 Å². The van der Waals surface area contributed by atoms with E-state index in [9.17, 15) is 18.3 Å². The molecule has 5 heteroatoms. The van der Waals surface area contributed by atoms with E-state index in [0.29, 0.717) is 5.56 Å². The summed E-state index contributed by atoms with van der Waals surface area (Å²) in [6, 6.07) is 3.81. The number of benzene rings is 1. The monoisotopic (exact) mass is 279 g/mol. The van der Waals surface area contributed by atoms with Crippen LogP contribution in [0.1, 0.15) is 11.1 Å². The maximum absolute atomic E-state index is 12.4. The molecule has 0 N–H and O–H groups in total. The smallest absolute Gasteiger partial charge is 0.232 e. The predicted molar refractivity (Wildman–Crippen MR) is 53.7 cm³/mol. The van der Waals surface area contributed by atoms with Gasteiger partial charge in [-0.05, 0) is 17.7 Å². The Morgan fingerprint density at radius 1 is 1.33 bits per heavy atom. The van der Waals surface area contributed by atoms with E-state index in [2.05, 4.69) is 15.9 Å². The minimum atomic E-state index is -4.39. The van der Waals surface area contributed by atoms with Crippen molar-refractivity contribution < 1.29 is 18.3 Å². The summed E-state index contributed by atoms with van der Waals surface area (Å²) in [5, 5.41) is 10.1. The average molecular weight is 280 g/mol. The topological polar surface area (TPSA) is 19.9 Å². The molecule has 0 bridgehead atoms. The predicted octanol–water partition coefficient (Wildman–Crippen LogP) is 3.91. The third-order valence-electron chi connectivity index (χ3n) is 1.70. The van der Waals surface area contributed by atoms with Crippen LogP contribution in [0.2, 0.25) is 0 Å². The van der Waals surface area contributed by atoms with Gasteiger partial charge < -0.3 is 0 Å². The van der Waals surface area contributed by atoms with E-state index < -0.39 is 18.3 Å². The number of hydrogen-bond donors (Lipinski definition) is 0. The van der Waals surface area contributed by atoms with Crippen molar-refractivity contribution >= 4 is 22.0 Å². The molecule has 0 heterocycles. The first-order chi connectivity index (χ1) is 6.95. The molecule has 0 fully saturated rings. The normalized spacial score (nSPS) is 12.3. The lowest BCUT2D eigenvalue weighted by atomic mass is 10.1. The molecule has 0 spiro atoms. The van der Waals surface area contributed by atoms with Gasteiger partial charge in [-0.2, -0.15) is 13.2 Å². The molecule has 0 aliphatic rings. The van der Waals surface area contributed by atoms with Crippen molar-refractivity contribution in [3.63, 3.8) is 0 Å². The zero-order chi connectivity index (χ0) is 11.5. The highest BCUT2D eigenvalue weighted by Gasteiger charge is 2.32. The van der Waals surface area contributed by atoms with Gasteiger partial charge in [-0.1, -0.05) is 34.1 Å². The molecule has 15 heavy (non-hydrogen) atoms. The highest BCUT2D eigenvalue weighted by atomic mass is 79.9. The van der Waals surface area contributed by atoms with Crippen molar-refractivity contribution in [2.45, 2.75) is 6.18 Å². The first-order valence-corrected chi connectivity index (χ1v) is 4.86. The highest BCUT2D eigenvalue weighted by molar-refractivity contribution is 9.10. The Kier molecular flexibility index (Phi) is 3.93. The largest absolute Gasteiger partial charge is 0.417 e. The maximum Gasteiger partial charge on any atom is 0.417 e. The van der Waals surface area contributed by atoms with Crippen LogP contribution >= 0.6 is 15.9 Å². The zero-order valence-corrected chi connectivity index (χ0v) is 9.10. The van der Waals surface area contributed by atoms with Crippen LogP contribution in [0.15, 0.2) is 28.7 Å².